The third kappa shape index (κ3) is 3.14. The molecule has 0 saturated carbocycles. The summed E-state index contributed by atoms with van der Waals surface area (Å²) in [5.41, 5.74) is 0.966. The van der Waals surface area contributed by atoms with Crippen LogP contribution in [0.3, 0.4) is 0 Å². The largest absolute Gasteiger partial charge is 0.509 e. The number of amides is 1. The van der Waals surface area contributed by atoms with Crippen LogP contribution < -0.4 is 0 Å². The summed E-state index contributed by atoms with van der Waals surface area (Å²) in [6, 6.07) is 11.8. The van der Waals surface area contributed by atoms with E-state index in [-0.39, 0.29) is 28.7 Å². The predicted molar refractivity (Wildman–Crippen MR) is 91.6 cm³/mol. The number of nitrogens with zero attached hydrogens (tertiary/aromatic N) is 1. The van der Waals surface area contributed by atoms with Crippen molar-refractivity contribution in [2.45, 2.75) is 19.9 Å². The Balaban J connectivity index is 2.11. The fraction of sp³-hybridized carbons (Fsp3) is 0.250. The van der Waals surface area contributed by atoms with Gasteiger partial charge in [-0.1, -0.05) is 50.2 Å². The molecule has 0 aromatic heterocycles. The van der Waals surface area contributed by atoms with E-state index in [1.165, 1.54) is 6.07 Å². The van der Waals surface area contributed by atoms with Crippen LogP contribution in [0.2, 0.25) is 0 Å². The van der Waals surface area contributed by atoms with Crippen molar-refractivity contribution in [2.75, 3.05) is 6.54 Å². The third-order valence-electron chi connectivity index (χ3n) is 4.19. The van der Waals surface area contributed by atoms with Crippen LogP contribution in [-0.2, 0) is 4.79 Å². The molecule has 130 valence electrons. The third-order valence-corrected chi connectivity index (χ3v) is 4.19. The Hall–Kier alpha value is -2.69. The Morgan fingerprint density at radius 1 is 1.08 bits per heavy atom. The first-order chi connectivity index (χ1) is 11.9. The minimum absolute atomic E-state index is 0.0217. The normalized spacial score (nSPS) is 17.7. The molecule has 1 atom stereocenters. The SMILES string of the molecule is CC(C)CN1C(=O)C(c2ccc(F)c(F)c2)=C(O)C1c1ccccc1. The zero-order valence-corrected chi connectivity index (χ0v) is 14.0. The summed E-state index contributed by atoms with van der Waals surface area (Å²) < 4.78 is 26.8. The van der Waals surface area contributed by atoms with Crippen LogP contribution in [0.5, 0.6) is 0 Å². The lowest BCUT2D eigenvalue weighted by Crippen LogP contribution is -2.33. The molecule has 0 bridgehead atoms. The molecule has 1 heterocycles. The number of halogens is 2. The van der Waals surface area contributed by atoms with Crippen LogP contribution in [0, 0.1) is 17.6 Å². The summed E-state index contributed by atoms with van der Waals surface area (Å²) in [6.07, 6.45) is 0. The number of hydrogen-bond acceptors (Lipinski definition) is 2. The Bertz CT molecular complexity index is 831. The van der Waals surface area contributed by atoms with Crippen molar-refractivity contribution in [1.82, 2.24) is 4.90 Å². The second kappa shape index (κ2) is 6.67. The Kier molecular flexibility index (Phi) is 4.57. The molecule has 1 N–H and O–H groups in total. The standard InChI is InChI=1S/C20H19F2NO2/c1-12(2)11-23-18(13-6-4-3-5-7-13)19(24)17(20(23)25)14-8-9-15(21)16(22)10-14/h3-10,12,18,24H,11H2,1-2H3. The minimum atomic E-state index is -1.05. The van der Waals surface area contributed by atoms with Crippen LogP contribution >= 0.6 is 0 Å². The average molecular weight is 343 g/mol. The predicted octanol–water partition coefficient (Wildman–Crippen LogP) is 4.47. The summed E-state index contributed by atoms with van der Waals surface area (Å²) in [5.74, 6) is -2.38. The van der Waals surface area contributed by atoms with E-state index in [0.29, 0.717) is 6.54 Å². The molecular weight excluding hydrogens is 324 g/mol. The smallest absolute Gasteiger partial charge is 0.258 e. The summed E-state index contributed by atoms with van der Waals surface area (Å²) in [6.45, 7) is 4.39. The van der Waals surface area contributed by atoms with Gasteiger partial charge in [0.25, 0.3) is 5.91 Å². The highest BCUT2D eigenvalue weighted by atomic mass is 19.2. The summed E-state index contributed by atoms with van der Waals surface area (Å²) in [5, 5.41) is 10.8. The van der Waals surface area contributed by atoms with Crippen LogP contribution in [0.25, 0.3) is 5.57 Å². The number of benzene rings is 2. The van der Waals surface area contributed by atoms with Gasteiger partial charge in [0.05, 0.1) is 5.57 Å². The molecular formula is C20H19F2NO2. The molecule has 2 aromatic rings. The fourth-order valence-corrected chi connectivity index (χ4v) is 3.13. The Morgan fingerprint density at radius 2 is 1.76 bits per heavy atom. The molecule has 0 saturated heterocycles. The maximum absolute atomic E-state index is 13.6. The van der Waals surface area contributed by atoms with Gasteiger partial charge in [0.15, 0.2) is 11.6 Å². The molecule has 2 aromatic carbocycles. The van der Waals surface area contributed by atoms with Crippen molar-refractivity contribution in [1.29, 1.82) is 0 Å². The highest BCUT2D eigenvalue weighted by molar-refractivity contribution is 6.22. The lowest BCUT2D eigenvalue weighted by atomic mass is 10.0. The van der Waals surface area contributed by atoms with Crippen molar-refractivity contribution < 1.29 is 18.7 Å². The number of carbonyl (C=O) groups excluding carboxylic acids is 1. The molecule has 1 aliphatic rings. The molecule has 0 aliphatic carbocycles. The maximum atomic E-state index is 13.6. The van der Waals surface area contributed by atoms with E-state index in [1.54, 1.807) is 4.90 Å². The second-order valence-corrected chi connectivity index (χ2v) is 6.55. The van der Waals surface area contributed by atoms with Crippen molar-refractivity contribution >= 4 is 11.5 Å². The van der Waals surface area contributed by atoms with Crippen LogP contribution in [0.1, 0.15) is 31.0 Å². The minimum Gasteiger partial charge on any atom is -0.509 e. The van der Waals surface area contributed by atoms with Gasteiger partial charge in [-0.25, -0.2) is 8.78 Å². The molecule has 1 aliphatic heterocycles. The molecule has 3 nitrogen and oxygen atoms in total. The Morgan fingerprint density at radius 3 is 2.36 bits per heavy atom. The first-order valence-corrected chi connectivity index (χ1v) is 8.14. The van der Waals surface area contributed by atoms with Gasteiger partial charge in [-0.15, -0.1) is 0 Å². The van der Waals surface area contributed by atoms with Gasteiger partial charge in [-0.2, -0.15) is 0 Å². The van der Waals surface area contributed by atoms with E-state index in [9.17, 15) is 18.7 Å². The zero-order chi connectivity index (χ0) is 18.1. The van der Waals surface area contributed by atoms with E-state index in [2.05, 4.69) is 0 Å². The number of hydrogen-bond donors (Lipinski definition) is 1. The van der Waals surface area contributed by atoms with Gasteiger partial charge in [0, 0.05) is 6.54 Å². The first kappa shape index (κ1) is 17.1. The Labute approximate surface area is 145 Å². The highest BCUT2D eigenvalue weighted by Gasteiger charge is 2.41. The van der Waals surface area contributed by atoms with Crippen molar-refractivity contribution in [3.05, 3.63) is 77.1 Å². The van der Waals surface area contributed by atoms with Crippen molar-refractivity contribution in [2.24, 2.45) is 5.92 Å². The quantitative estimate of drug-likeness (QED) is 0.889. The molecule has 3 rings (SSSR count). The monoisotopic (exact) mass is 343 g/mol. The average Bonchev–Trinajstić information content (AvgIpc) is 2.81. The van der Waals surface area contributed by atoms with Crippen LogP contribution in [-0.4, -0.2) is 22.5 Å². The van der Waals surface area contributed by atoms with E-state index >= 15 is 0 Å². The van der Waals surface area contributed by atoms with Crippen molar-refractivity contribution in [3.63, 3.8) is 0 Å². The van der Waals surface area contributed by atoms with E-state index in [1.807, 2.05) is 44.2 Å². The lowest BCUT2D eigenvalue weighted by molar-refractivity contribution is -0.126. The van der Waals surface area contributed by atoms with Gasteiger partial charge in [0.2, 0.25) is 0 Å². The molecule has 0 radical (unpaired) electrons. The maximum Gasteiger partial charge on any atom is 0.258 e. The van der Waals surface area contributed by atoms with Gasteiger partial charge in [0.1, 0.15) is 11.8 Å². The summed E-state index contributed by atoms with van der Waals surface area (Å²) in [7, 11) is 0. The van der Waals surface area contributed by atoms with Crippen LogP contribution in [0.4, 0.5) is 8.78 Å². The summed E-state index contributed by atoms with van der Waals surface area (Å²) in [4.78, 5) is 14.5. The molecule has 1 amide bonds. The highest BCUT2D eigenvalue weighted by Crippen LogP contribution is 2.41. The number of aliphatic hydroxyl groups excluding tert-OH is 1. The first-order valence-electron chi connectivity index (χ1n) is 8.14. The number of carbonyl (C=O) groups is 1. The zero-order valence-electron chi connectivity index (χ0n) is 14.0. The molecule has 0 spiro atoms. The molecule has 5 heteroatoms. The van der Waals surface area contributed by atoms with Crippen molar-refractivity contribution in [3.8, 4) is 0 Å². The van der Waals surface area contributed by atoms with Gasteiger partial charge in [-0.05, 0) is 29.2 Å². The molecule has 25 heavy (non-hydrogen) atoms. The van der Waals surface area contributed by atoms with E-state index < -0.39 is 17.7 Å². The molecule has 0 fully saturated rings. The summed E-state index contributed by atoms with van der Waals surface area (Å²) >= 11 is 0. The second-order valence-electron chi connectivity index (χ2n) is 6.55. The van der Waals surface area contributed by atoms with Gasteiger partial charge < -0.3 is 10.0 Å². The lowest BCUT2D eigenvalue weighted by Gasteiger charge is -2.27. The van der Waals surface area contributed by atoms with Gasteiger partial charge in [-0.3, -0.25) is 4.79 Å². The topological polar surface area (TPSA) is 40.5 Å². The van der Waals surface area contributed by atoms with Gasteiger partial charge >= 0.3 is 0 Å². The van der Waals surface area contributed by atoms with Crippen LogP contribution in [0.15, 0.2) is 54.3 Å². The molecule has 1 unspecified atom stereocenters. The van der Waals surface area contributed by atoms with E-state index in [4.69, 9.17) is 0 Å². The number of aliphatic hydroxyl groups is 1. The van der Waals surface area contributed by atoms with E-state index in [0.717, 1.165) is 17.7 Å². The number of rotatable bonds is 4. The fourth-order valence-electron chi connectivity index (χ4n) is 3.13.